The van der Waals surface area contributed by atoms with Crippen LogP contribution in [-0.4, -0.2) is 50.9 Å². The van der Waals surface area contributed by atoms with E-state index in [2.05, 4.69) is 57.7 Å². The van der Waals surface area contributed by atoms with Crippen molar-refractivity contribution >= 4 is 22.7 Å². The van der Waals surface area contributed by atoms with E-state index in [0.29, 0.717) is 16.6 Å². The van der Waals surface area contributed by atoms with Gasteiger partial charge in [-0.15, -0.1) is 0 Å². The van der Waals surface area contributed by atoms with Gasteiger partial charge in [0.1, 0.15) is 11.4 Å². The van der Waals surface area contributed by atoms with E-state index in [1.165, 1.54) is 5.56 Å². The predicted octanol–water partition coefficient (Wildman–Crippen LogP) is 5.47. The zero-order valence-corrected chi connectivity index (χ0v) is 24.0. The van der Waals surface area contributed by atoms with Gasteiger partial charge in [-0.05, 0) is 66.8 Å². The molecule has 2 aromatic heterocycles. The number of fused-ring (bicyclic) bond motifs is 1. The first-order valence-corrected chi connectivity index (χ1v) is 14.4. The van der Waals surface area contributed by atoms with Crippen LogP contribution in [0.4, 0.5) is 0 Å². The Kier molecular flexibility index (Phi) is 7.85. The Hall–Kier alpha value is -5.08. The molecule has 3 heterocycles. The number of carbonyl (C=O) groups excluding carboxylic acids is 2. The summed E-state index contributed by atoms with van der Waals surface area (Å²) in [5.74, 6) is -0.489. The summed E-state index contributed by atoms with van der Waals surface area (Å²) in [5, 5.41) is 13.7. The van der Waals surface area contributed by atoms with Crippen molar-refractivity contribution in [2.24, 2.45) is 5.73 Å². The number of likely N-dealkylation sites (tertiary alicyclic amines) is 1. The first-order valence-electron chi connectivity index (χ1n) is 14.4. The number of hydrogen-bond donors (Lipinski definition) is 3. The molecule has 1 aliphatic rings. The second-order valence-electron chi connectivity index (χ2n) is 11.1. The molecule has 0 atom stereocenters. The monoisotopic (exact) mass is 571 g/mol. The van der Waals surface area contributed by atoms with Crippen LogP contribution in [0.15, 0.2) is 91.1 Å². The van der Waals surface area contributed by atoms with Crippen molar-refractivity contribution in [3.8, 4) is 28.1 Å². The lowest BCUT2D eigenvalue weighted by Gasteiger charge is -2.32. The van der Waals surface area contributed by atoms with Crippen LogP contribution in [0.3, 0.4) is 0 Å². The smallest absolute Gasteiger partial charge is 0.267 e. The van der Waals surface area contributed by atoms with Gasteiger partial charge in [0, 0.05) is 53.9 Å². The van der Waals surface area contributed by atoms with Crippen LogP contribution in [0.2, 0.25) is 0 Å². The van der Waals surface area contributed by atoms with Crippen LogP contribution in [0, 0.1) is 6.92 Å². The second-order valence-corrected chi connectivity index (χ2v) is 11.1. The molecular weight excluding hydrogens is 538 g/mol. The molecule has 0 radical (unpaired) electrons. The van der Waals surface area contributed by atoms with Gasteiger partial charge < -0.3 is 16.2 Å². The second kappa shape index (κ2) is 12.0. The van der Waals surface area contributed by atoms with Crippen LogP contribution >= 0.6 is 0 Å². The van der Waals surface area contributed by atoms with E-state index in [1.807, 2.05) is 18.2 Å². The first-order chi connectivity index (χ1) is 20.8. The fourth-order valence-electron chi connectivity index (χ4n) is 5.59. The van der Waals surface area contributed by atoms with Crippen molar-refractivity contribution < 1.29 is 14.7 Å². The number of nitrogens with one attached hydrogen (secondary N) is 1. The van der Waals surface area contributed by atoms with E-state index in [-0.39, 0.29) is 23.4 Å². The summed E-state index contributed by atoms with van der Waals surface area (Å²) < 4.78 is 0. The molecule has 1 aliphatic heterocycles. The molecule has 0 bridgehead atoms. The fraction of sp³-hybridized carbons (Fsp3) is 0.200. The molecule has 43 heavy (non-hydrogen) atoms. The molecule has 8 nitrogen and oxygen atoms in total. The maximum Gasteiger partial charge on any atom is 0.267 e. The van der Waals surface area contributed by atoms with Crippen molar-refractivity contribution in [1.82, 2.24) is 20.2 Å². The summed E-state index contributed by atoms with van der Waals surface area (Å²) in [6.45, 7) is 4.39. The summed E-state index contributed by atoms with van der Waals surface area (Å²) in [5.41, 5.74) is 12.6. The number of hydrogen-bond acceptors (Lipinski definition) is 6. The van der Waals surface area contributed by atoms with Gasteiger partial charge in [-0.25, -0.2) is 4.98 Å². The maximum absolute atomic E-state index is 12.7. The summed E-state index contributed by atoms with van der Waals surface area (Å²) in [4.78, 5) is 36.0. The van der Waals surface area contributed by atoms with Crippen LogP contribution in [0.1, 0.15) is 44.8 Å². The number of nitrogens with two attached hydrogens (primary N) is 1. The number of pyridine rings is 2. The average molecular weight is 572 g/mol. The molecule has 1 saturated heterocycles. The van der Waals surface area contributed by atoms with Crippen molar-refractivity contribution in [2.45, 2.75) is 32.4 Å². The molecule has 0 aliphatic carbocycles. The van der Waals surface area contributed by atoms with E-state index in [0.717, 1.165) is 60.2 Å². The Labute approximate surface area is 250 Å². The highest BCUT2D eigenvalue weighted by atomic mass is 16.3. The molecular formula is C35H33N5O3. The largest absolute Gasteiger partial charge is 0.508 e. The number of aryl methyl sites for hydroxylation is 1. The zero-order valence-electron chi connectivity index (χ0n) is 24.0. The van der Waals surface area contributed by atoms with Gasteiger partial charge in [0.15, 0.2) is 0 Å². The average Bonchev–Trinajstić information content (AvgIpc) is 3.03. The topological polar surface area (TPSA) is 121 Å². The number of phenolic OH excluding ortho intramolecular Hbond substituents is 1. The van der Waals surface area contributed by atoms with Crippen LogP contribution in [0.5, 0.6) is 5.75 Å². The Morgan fingerprint density at radius 3 is 2.40 bits per heavy atom. The summed E-state index contributed by atoms with van der Waals surface area (Å²) >= 11 is 0. The number of amides is 2. The Balaban J connectivity index is 1.15. The molecule has 2 amide bonds. The first kappa shape index (κ1) is 28.1. The minimum atomic E-state index is -0.583. The van der Waals surface area contributed by atoms with E-state index in [4.69, 9.17) is 10.7 Å². The number of nitrogens with zero attached hydrogens (tertiary/aromatic N) is 3. The zero-order chi connectivity index (χ0) is 29.9. The highest BCUT2D eigenvalue weighted by Crippen LogP contribution is 2.33. The molecule has 3 aromatic carbocycles. The van der Waals surface area contributed by atoms with Crippen LogP contribution in [0.25, 0.3) is 33.3 Å². The van der Waals surface area contributed by atoms with Crippen LogP contribution < -0.4 is 11.1 Å². The molecule has 5 aromatic rings. The van der Waals surface area contributed by atoms with E-state index in [1.54, 1.807) is 37.4 Å². The number of primary amides is 1. The summed E-state index contributed by atoms with van der Waals surface area (Å²) in [7, 11) is 0. The number of carbonyl (C=O) groups is 2. The Morgan fingerprint density at radius 1 is 0.953 bits per heavy atom. The molecule has 0 unspecified atom stereocenters. The highest BCUT2D eigenvalue weighted by molar-refractivity contribution is 5.97. The van der Waals surface area contributed by atoms with Gasteiger partial charge >= 0.3 is 0 Å². The molecule has 1 fully saturated rings. The van der Waals surface area contributed by atoms with Crippen LogP contribution in [-0.2, 0) is 6.54 Å². The van der Waals surface area contributed by atoms with Crippen molar-refractivity contribution in [1.29, 1.82) is 0 Å². The standard InChI is InChI=1S/C35H33N5O3/c1-22-17-26(11-12-32(22)41)35(43)38-28-13-15-40(16-14-28)21-23-7-9-25(10-8-23)33-29(24-5-3-2-4-6-24)18-27-20-37-31(34(36)42)19-30(27)39-33/h2-12,17-20,28,41H,13-16,21H2,1H3,(H2,36,42)(H,38,43). The van der Waals surface area contributed by atoms with Crippen molar-refractivity contribution in [3.05, 3.63) is 114 Å². The maximum atomic E-state index is 12.7. The van der Waals surface area contributed by atoms with E-state index in [9.17, 15) is 14.7 Å². The molecule has 4 N–H and O–H groups in total. The predicted molar refractivity (Wildman–Crippen MR) is 168 cm³/mol. The van der Waals surface area contributed by atoms with Gasteiger partial charge in [-0.2, -0.15) is 0 Å². The molecule has 6 rings (SSSR count). The lowest BCUT2D eigenvalue weighted by Crippen LogP contribution is -2.44. The number of piperidine rings is 1. The van der Waals surface area contributed by atoms with Gasteiger partial charge in [0.25, 0.3) is 11.8 Å². The fourth-order valence-corrected chi connectivity index (χ4v) is 5.59. The number of phenols is 1. The quantitative estimate of drug-likeness (QED) is 0.238. The molecule has 216 valence electrons. The highest BCUT2D eigenvalue weighted by Gasteiger charge is 2.22. The van der Waals surface area contributed by atoms with E-state index >= 15 is 0 Å². The number of benzene rings is 3. The van der Waals surface area contributed by atoms with Gasteiger partial charge in [-0.3, -0.25) is 19.5 Å². The van der Waals surface area contributed by atoms with Gasteiger partial charge in [0.2, 0.25) is 0 Å². The molecule has 0 saturated carbocycles. The lowest BCUT2D eigenvalue weighted by atomic mass is 9.97. The normalized spacial score (nSPS) is 14.1. The Bertz CT molecular complexity index is 1800. The summed E-state index contributed by atoms with van der Waals surface area (Å²) in [6, 6.07) is 27.3. The third kappa shape index (κ3) is 6.24. The van der Waals surface area contributed by atoms with Crippen molar-refractivity contribution in [3.63, 3.8) is 0 Å². The minimum absolute atomic E-state index is 0.101. The third-order valence-corrected chi connectivity index (χ3v) is 8.05. The SMILES string of the molecule is Cc1cc(C(=O)NC2CCN(Cc3ccc(-c4nc5cc(C(N)=O)ncc5cc4-c4ccccc4)cc3)CC2)ccc1O. The number of aromatic hydroxyl groups is 1. The molecule has 8 heteroatoms. The third-order valence-electron chi connectivity index (χ3n) is 8.05. The van der Waals surface area contributed by atoms with Crippen molar-refractivity contribution in [2.75, 3.05) is 13.1 Å². The lowest BCUT2D eigenvalue weighted by molar-refractivity contribution is 0.0908. The summed E-state index contributed by atoms with van der Waals surface area (Å²) in [6.07, 6.45) is 3.40. The number of aromatic nitrogens is 2. The Morgan fingerprint density at radius 2 is 1.70 bits per heavy atom. The molecule has 0 spiro atoms. The van der Waals surface area contributed by atoms with Gasteiger partial charge in [0.05, 0.1) is 11.2 Å². The van der Waals surface area contributed by atoms with Gasteiger partial charge in [-0.1, -0.05) is 54.6 Å². The van der Waals surface area contributed by atoms with E-state index < -0.39 is 5.91 Å². The number of rotatable bonds is 7. The minimum Gasteiger partial charge on any atom is -0.508 e.